The van der Waals surface area contributed by atoms with Gasteiger partial charge in [-0.05, 0) is 0 Å². The van der Waals surface area contributed by atoms with Gasteiger partial charge >= 0.3 is 0 Å². The fourth-order valence-corrected chi connectivity index (χ4v) is 1.95. The second-order valence-electron chi connectivity index (χ2n) is 4.34. The molecule has 0 bridgehead atoms. The molecule has 2 aromatic carbocycles. The maximum Gasteiger partial charge on any atom is 0.274 e. The van der Waals surface area contributed by atoms with Crippen LogP contribution in [0, 0.1) is 10.1 Å². The van der Waals surface area contributed by atoms with Crippen molar-refractivity contribution in [3.63, 3.8) is 0 Å². The molecule has 0 amide bonds. The zero-order valence-electron chi connectivity index (χ0n) is 11.8. The third-order valence-corrected chi connectivity index (χ3v) is 3.02. The van der Waals surface area contributed by atoms with Gasteiger partial charge in [0.15, 0.2) is 0 Å². The van der Waals surface area contributed by atoms with E-state index in [1.54, 1.807) is 50.6 Å². The molecule has 0 saturated carbocycles. The number of methoxy groups -OCH3 is 2. The average Bonchev–Trinajstić information content (AvgIpc) is 2.52. The van der Waals surface area contributed by atoms with Gasteiger partial charge in [-0.1, -0.05) is 18.2 Å². The molecule has 0 radical (unpaired) electrons. The Bertz CT molecular complexity index is 621. The summed E-state index contributed by atoms with van der Waals surface area (Å²) in [6.07, 6.45) is 0. The van der Waals surface area contributed by atoms with Crippen LogP contribution in [0.25, 0.3) is 0 Å². The van der Waals surface area contributed by atoms with Crippen molar-refractivity contribution in [2.75, 3.05) is 19.5 Å². The highest BCUT2D eigenvalue weighted by molar-refractivity contribution is 5.54. The lowest BCUT2D eigenvalue weighted by atomic mass is 10.1. The van der Waals surface area contributed by atoms with Crippen LogP contribution in [-0.4, -0.2) is 19.1 Å². The van der Waals surface area contributed by atoms with Gasteiger partial charge in [0.25, 0.3) is 5.69 Å². The highest BCUT2D eigenvalue weighted by atomic mass is 16.6. The molecule has 0 spiro atoms. The summed E-state index contributed by atoms with van der Waals surface area (Å²) < 4.78 is 10.4. The fraction of sp³-hybridized carbons (Fsp3) is 0.200. The average molecular weight is 288 g/mol. The molecule has 0 aliphatic carbocycles. The molecular formula is C15H16N2O4. The standard InChI is InChI=1S/C15H16N2O4/c1-20-13-7-12(8-14(9-13)21-2)16-10-11-5-3-4-6-15(11)17(18)19/h3-9,16H,10H2,1-2H3. The lowest BCUT2D eigenvalue weighted by Gasteiger charge is -2.11. The third-order valence-electron chi connectivity index (χ3n) is 3.02. The molecule has 0 aliphatic rings. The van der Waals surface area contributed by atoms with E-state index in [2.05, 4.69) is 5.32 Å². The molecule has 0 aromatic heterocycles. The molecule has 110 valence electrons. The fourth-order valence-electron chi connectivity index (χ4n) is 1.95. The summed E-state index contributed by atoms with van der Waals surface area (Å²) in [7, 11) is 3.14. The molecule has 0 fully saturated rings. The van der Waals surface area contributed by atoms with E-state index in [4.69, 9.17) is 9.47 Å². The first-order chi connectivity index (χ1) is 10.1. The van der Waals surface area contributed by atoms with Gasteiger partial charge in [0.05, 0.1) is 19.1 Å². The molecule has 6 heteroatoms. The maximum atomic E-state index is 11.0. The molecular weight excluding hydrogens is 272 g/mol. The predicted octanol–water partition coefficient (Wildman–Crippen LogP) is 3.22. The second-order valence-corrected chi connectivity index (χ2v) is 4.34. The van der Waals surface area contributed by atoms with Crippen LogP contribution in [0.3, 0.4) is 0 Å². The first-order valence-corrected chi connectivity index (χ1v) is 6.33. The van der Waals surface area contributed by atoms with E-state index in [-0.39, 0.29) is 10.6 Å². The van der Waals surface area contributed by atoms with Crippen LogP contribution in [0.4, 0.5) is 11.4 Å². The highest BCUT2D eigenvalue weighted by Crippen LogP contribution is 2.27. The van der Waals surface area contributed by atoms with E-state index in [0.29, 0.717) is 23.6 Å². The van der Waals surface area contributed by atoms with Crippen LogP contribution >= 0.6 is 0 Å². The Morgan fingerprint density at radius 1 is 1.10 bits per heavy atom. The summed E-state index contributed by atoms with van der Waals surface area (Å²) in [5.41, 5.74) is 1.48. The van der Waals surface area contributed by atoms with Gasteiger partial charge in [0.2, 0.25) is 0 Å². The molecule has 21 heavy (non-hydrogen) atoms. The monoisotopic (exact) mass is 288 g/mol. The number of hydrogen-bond acceptors (Lipinski definition) is 5. The van der Waals surface area contributed by atoms with Crippen molar-refractivity contribution >= 4 is 11.4 Å². The van der Waals surface area contributed by atoms with E-state index in [0.717, 1.165) is 5.69 Å². The second kappa shape index (κ2) is 6.60. The zero-order chi connectivity index (χ0) is 15.2. The van der Waals surface area contributed by atoms with Crippen LogP contribution in [-0.2, 0) is 6.54 Å². The van der Waals surface area contributed by atoms with Gasteiger partial charge in [-0.25, -0.2) is 0 Å². The van der Waals surface area contributed by atoms with E-state index < -0.39 is 0 Å². The predicted molar refractivity (Wildman–Crippen MR) is 80.0 cm³/mol. The Labute approximate surface area is 122 Å². The largest absolute Gasteiger partial charge is 0.497 e. The van der Waals surface area contributed by atoms with Gasteiger partial charge in [-0.15, -0.1) is 0 Å². The van der Waals surface area contributed by atoms with Crippen molar-refractivity contribution in [2.24, 2.45) is 0 Å². The zero-order valence-corrected chi connectivity index (χ0v) is 11.8. The smallest absolute Gasteiger partial charge is 0.274 e. The summed E-state index contributed by atoms with van der Waals surface area (Å²) in [5, 5.41) is 14.1. The maximum absolute atomic E-state index is 11.0. The van der Waals surface area contributed by atoms with Gasteiger partial charge in [-0.3, -0.25) is 10.1 Å². The van der Waals surface area contributed by atoms with E-state index in [9.17, 15) is 10.1 Å². The van der Waals surface area contributed by atoms with Crippen molar-refractivity contribution in [3.8, 4) is 11.5 Å². The van der Waals surface area contributed by atoms with Gasteiger partial charge < -0.3 is 14.8 Å². The van der Waals surface area contributed by atoms with Crippen molar-refractivity contribution in [1.29, 1.82) is 0 Å². The van der Waals surface area contributed by atoms with Gasteiger partial charge in [0, 0.05) is 42.1 Å². The third kappa shape index (κ3) is 3.62. The molecule has 2 rings (SSSR count). The lowest BCUT2D eigenvalue weighted by Crippen LogP contribution is -2.03. The van der Waals surface area contributed by atoms with Gasteiger partial charge in [0.1, 0.15) is 11.5 Å². The van der Waals surface area contributed by atoms with Gasteiger partial charge in [-0.2, -0.15) is 0 Å². The van der Waals surface area contributed by atoms with Crippen LogP contribution < -0.4 is 14.8 Å². The Balaban J connectivity index is 2.18. The Morgan fingerprint density at radius 2 is 1.71 bits per heavy atom. The van der Waals surface area contributed by atoms with Crippen LogP contribution in [0.2, 0.25) is 0 Å². The molecule has 6 nitrogen and oxygen atoms in total. The Morgan fingerprint density at radius 3 is 2.29 bits per heavy atom. The first-order valence-electron chi connectivity index (χ1n) is 6.33. The van der Waals surface area contributed by atoms with E-state index >= 15 is 0 Å². The Hall–Kier alpha value is -2.76. The summed E-state index contributed by atoms with van der Waals surface area (Å²) in [4.78, 5) is 10.6. The molecule has 0 heterocycles. The minimum atomic E-state index is -0.386. The summed E-state index contributed by atoms with van der Waals surface area (Å²) >= 11 is 0. The minimum absolute atomic E-state index is 0.0971. The van der Waals surface area contributed by atoms with Crippen molar-refractivity contribution in [2.45, 2.75) is 6.54 Å². The van der Waals surface area contributed by atoms with Crippen LogP contribution in [0.1, 0.15) is 5.56 Å². The highest BCUT2D eigenvalue weighted by Gasteiger charge is 2.12. The van der Waals surface area contributed by atoms with Crippen LogP contribution in [0.5, 0.6) is 11.5 Å². The van der Waals surface area contributed by atoms with Crippen LogP contribution in [0.15, 0.2) is 42.5 Å². The number of nitrogens with zero attached hydrogens (tertiary/aromatic N) is 1. The molecule has 0 unspecified atom stereocenters. The number of ether oxygens (including phenoxy) is 2. The number of hydrogen-bond donors (Lipinski definition) is 1. The van der Waals surface area contributed by atoms with Crippen molar-refractivity contribution in [1.82, 2.24) is 0 Å². The lowest BCUT2D eigenvalue weighted by molar-refractivity contribution is -0.385. The van der Waals surface area contributed by atoms with E-state index in [1.165, 1.54) is 6.07 Å². The Kier molecular flexibility index (Phi) is 4.61. The number of para-hydroxylation sites is 1. The number of rotatable bonds is 6. The minimum Gasteiger partial charge on any atom is -0.497 e. The summed E-state index contributed by atoms with van der Waals surface area (Å²) in [6, 6.07) is 12.0. The molecule has 0 atom stereocenters. The molecule has 1 N–H and O–H groups in total. The quantitative estimate of drug-likeness (QED) is 0.652. The van der Waals surface area contributed by atoms with Crippen molar-refractivity contribution < 1.29 is 14.4 Å². The topological polar surface area (TPSA) is 73.6 Å². The number of nitro benzene ring substituents is 1. The number of nitrogens with one attached hydrogen (secondary N) is 1. The summed E-state index contributed by atoms with van der Waals surface area (Å²) in [6.45, 7) is 0.341. The SMILES string of the molecule is COc1cc(NCc2ccccc2[N+](=O)[O-])cc(OC)c1. The number of nitro groups is 1. The molecule has 0 saturated heterocycles. The molecule has 0 aliphatic heterocycles. The normalized spacial score (nSPS) is 10.0. The number of benzene rings is 2. The first kappa shape index (κ1) is 14.6. The number of anilines is 1. The van der Waals surface area contributed by atoms with Crippen molar-refractivity contribution in [3.05, 3.63) is 58.1 Å². The molecule has 2 aromatic rings. The summed E-state index contributed by atoms with van der Waals surface area (Å²) in [5.74, 6) is 1.30. The van der Waals surface area contributed by atoms with E-state index in [1.807, 2.05) is 0 Å².